The van der Waals surface area contributed by atoms with Crippen LogP contribution in [-0.4, -0.2) is 67.7 Å². The maximum absolute atomic E-state index is 12.8. The van der Waals surface area contributed by atoms with Gasteiger partial charge in [0.15, 0.2) is 0 Å². The number of ether oxygens (including phenoxy) is 1. The van der Waals surface area contributed by atoms with Crippen LogP contribution in [0.2, 0.25) is 0 Å². The van der Waals surface area contributed by atoms with Crippen LogP contribution in [-0.2, 0) is 16.1 Å². The number of carbonyl (C=O) groups is 2. The Labute approximate surface area is 203 Å². The smallest absolute Gasteiger partial charge is 0.475 e. The Morgan fingerprint density at radius 3 is 2.60 bits per heavy atom. The van der Waals surface area contributed by atoms with E-state index in [1.807, 2.05) is 72.1 Å². The van der Waals surface area contributed by atoms with Crippen molar-refractivity contribution >= 4 is 34.5 Å². The standard InChI is InChI=1S/C22H23N3O2S.C2HF3O2/c1-15-5-4-7-17(23-15)11-27-18-10-22(28-12-18)13-25(14-22)21(26)20-9-16-6-2-3-8-19(16)24-20;3-2(4,5)1(6)7/h2-9,18,24H,10-14H2,1H3;(H,6,7). The second-order valence-electron chi connectivity index (χ2n) is 8.64. The number of thioether (sulfide) groups is 1. The molecule has 3 aromatic rings. The summed E-state index contributed by atoms with van der Waals surface area (Å²) in [7, 11) is 0. The van der Waals surface area contributed by atoms with E-state index >= 15 is 0 Å². The lowest BCUT2D eigenvalue weighted by atomic mass is 9.92. The van der Waals surface area contributed by atoms with E-state index in [0.29, 0.717) is 12.3 Å². The lowest BCUT2D eigenvalue weighted by molar-refractivity contribution is -0.192. The van der Waals surface area contributed by atoms with Crippen molar-refractivity contribution in [1.29, 1.82) is 0 Å². The minimum atomic E-state index is -5.08. The van der Waals surface area contributed by atoms with Crippen LogP contribution < -0.4 is 0 Å². The molecule has 0 radical (unpaired) electrons. The molecule has 1 spiro atoms. The number of aryl methyl sites for hydroxylation is 1. The molecule has 1 atom stereocenters. The Bertz CT molecular complexity index is 1190. The van der Waals surface area contributed by atoms with Gasteiger partial charge in [0.1, 0.15) is 5.69 Å². The highest BCUT2D eigenvalue weighted by atomic mass is 32.2. The molecule has 1 aromatic carbocycles. The zero-order valence-electron chi connectivity index (χ0n) is 18.8. The summed E-state index contributed by atoms with van der Waals surface area (Å²) in [6.45, 7) is 4.15. The molecule has 2 fully saturated rings. The van der Waals surface area contributed by atoms with Crippen LogP contribution in [0, 0.1) is 6.92 Å². The lowest BCUT2D eigenvalue weighted by Gasteiger charge is -2.47. The molecule has 2 aliphatic rings. The topological polar surface area (TPSA) is 95.5 Å². The van der Waals surface area contributed by atoms with Crippen molar-refractivity contribution < 1.29 is 32.6 Å². The zero-order chi connectivity index (χ0) is 25.2. The van der Waals surface area contributed by atoms with Gasteiger partial charge in [-0.2, -0.15) is 13.2 Å². The summed E-state index contributed by atoms with van der Waals surface area (Å²) in [4.78, 5) is 31.4. The Morgan fingerprint density at radius 1 is 1.23 bits per heavy atom. The SMILES string of the molecule is Cc1cccc(COC2CSC3(C2)CN(C(=O)c2cc4ccccc4[nH]2)C3)n1.O=C(O)C(F)(F)F. The molecule has 2 saturated heterocycles. The number of aromatic amines is 1. The van der Waals surface area contributed by atoms with E-state index in [9.17, 15) is 18.0 Å². The lowest BCUT2D eigenvalue weighted by Crippen LogP contribution is -2.60. The number of amides is 1. The second kappa shape index (κ2) is 9.90. The zero-order valence-corrected chi connectivity index (χ0v) is 19.7. The fourth-order valence-electron chi connectivity index (χ4n) is 4.16. The number of carboxylic acids is 1. The van der Waals surface area contributed by atoms with Gasteiger partial charge in [-0.05, 0) is 37.6 Å². The number of pyridine rings is 1. The van der Waals surface area contributed by atoms with Crippen molar-refractivity contribution in [3.05, 3.63) is 65.6 Å². The van der Waals surface area contributed by atoms with Gasteiger partial charge in [-0.1, -0.05) is 24.3 Å². The highest BCUT2D eigenvalue weighted by Gasteiger charge is 2.51. The average molecular weight is 508 g/mol. The van der Waals surface area contributed by atoms with Gasteiger partial charge in [-0.25, -0.2) is 4.79 Å². The fourth-order valence-corrected chi connectivity index (χ4v) is 5.72. The molecule has 5 rings (SSSR count). The number of para-hydroxylation sites is 1. The summed E-state index contributed by atoms with van der Waals surface area (Å²) >= 11 is 1.95. The number of aliphatic carboxylic acids is 1. The number of nitrogens with one attached hydrogen (secondary N) is 1. The van der Waals surface area contributed by atoms with Crippen LogP contribution in [0.5, 0.6) is 0 Å². The van der Waals surface area contributed by atoms with Crippen LogP contribution in [0.4, 0.5) is 13.2 Å². The number of carboxylic acid groups (broad SMARTS) is 1. The third kappa shape index (κ3) is 5.96. The minimum absolute atomic E-state index is 0.0933. The molecule has 1 amide bonds. The Morgan fingerprint density at radius 2 is 1.94 bits per heavy atom. The summed E-state index contributed by atoms with van der Waals surface area (Å²) in [5, 5.41) is 8.20. The highest BCUT2D eigenvalue weighted by molar-refractivity contribution is 8.01. The molecule has 1 unspecified atom stereocenters. The fraction of sp³-hybridized carbons (Fsp3) is 0.375. The van der Waals surface area contributed by atoms with Gasteiger partial charge in [0.05, 0.1) is 23.2 Å². The van der Waals surface area contributed by atoms with E-state index in [1.54, 1.807) is 0 Å². The number of aromatic nitrogens is 2. The van der Waals surface area contributed by atoms with Crippen molar-refractivity contribution in [3.8, 4) is 0 Å². The molecule has 11 heteroatoms. The number of hydrogen-bond acceptors (Lipinski definition) is 5. The molecule has 35 heavy (non-hydrogen) atoms. The number of carbonyl (C=O) groups excluding carboxylic acids is 1. The first-order valence-electron chi connectivity index (χ1n) is 10.9. The molecule has 4 heterocycles. The molecule has 2 N–H and O–H groups in total. The quantitative estimate of drug-likeness (QED) is 0.543. The first-order valence-corrected chi connectivity index (χ1v) is 11.9. The number of fused-ring (bicyclic) bond motifs is 1. The largest absolute Gasteiger partial charge is 0.490 e. The molecule has 7 nitrogen and oxygen atoms in total. The van der Waals surface area contributed by atoms with Crippen LogP contribution in [0.25, 0.3) is 10.9 Å². The van der Waals surface area contributed by atoms with E-state index in [-0.39, 0.29) is 16.8 Å². The molecule has 186 valence electrons. The monoisotopic (exact) mass is 507 g/mol. The highest BCUT2D eigenvalue weighted by Crippen LogP contribution is 2.46. The summed E-state index contributed by atoms with van der Waals surface area (Å²) in [6.07, 6.45) is -3.85. The summed E-state index contributed by atoms with van der Waals surface area (Å²) in [5.74, 6) is -1.68. The van der Waals surface area contributed by atoms with Crippen LogP contribution in [0.15, 0.2) is 48.5 Å². The summed E-state index contributed by atoms with van der Waals surface area (Å²) in [6, 6.07) is 16.0. The van der Waals surface area contributed by atoms with E-state index < -0.39 is 12.1 Å². The maximum Gasteiger partial charge on any atom is 0.490 e. The molecule has 0 bridgehead atoms. The van der Waals surface area contributed by atoms with Crippen molar-refractivity contribution in [3.63, 3.8) is 0 Å². The first-order chi connectivity index (χ1) is 16.5. The predicted molar refractivity (Wildman–Crippen MR) is 125 cm³/mol. The van der Waals surface area contributed by atoms with Crippen LogP contribution in [0.3, 0.4) is 0 Å². The van der Waals surface area contributed by atoms with E-state index in [1.165, 1.54) is 0 Å². The molecule has 2 aromatic heterocycles. The molecule has 0 saturated carbocycles. The summed E-state index contributed by atoms with van der Waals surface area (Å²) < 4.78 is 38.0. The normalized spacial score (nSPS) is 18.7. The third-order valence-corrected chi connectivity index (χ3v) is 7.41. The van der Waals surface area contributed by atoms with E-state index in [0.717, 1.165) is 47.6 Å². The molecular weight excluding hydrogens is 483 g/mol. The number of rotatable bonds is 4. The number of benzene rings is 1. The molecule has 2 aliphatic heterocycles. The number of likely N-dealkylation sites (tertiary alicyclic amines) is 1. The predicted octanol–water partition coefficient (Wildman–Crippen LogP) is 4.42. The van der Waals surface area contributed by atoms with Gasteiger partial charge in [-0.3, -0.25) is 9.78 Å². The van der Waals surface area contributed by atoms with Crippen LogP contribution in [0.1, 0.15) is 28.3 Å². The van der Waals surface area contributed by atoms with E-state index in [2.05, 4.69) is 9.97 Å². The molecule has 0 aliphatic carbocycles. The van der Waals surface area contributed by atoms with Crippen molar-refractivity contribution in [1.82, 2.24) is 14.9 Å². The second-order valence-corrected chi connectivity index (χ2v) is 10.1. The number of H-pyrrole nitrogens is 1. The van der Waals surface area contributed by atoms with Crippen molar-refractivity contribution in [2.45, 2.75) is 37.0 Å². The van der Waals surface area contributed by atoms with Gasteiger partial charge >= 0.3 is 12.1 Å². The third-order valence-electron chi connectivity index (χ3n) is 5.84. The Hall–Kier alpha value is -3.05. The van der Waals surface area contributed by atoms with Gasteiger partial charge in [0.2, 0.25) is 0 Å². The summed E-state index contributed by atoms with van der Waals surface area (Å²) in [5.41, 5.74) is 3.69. The van der Waals surface area contributed by atoms with Gasteiger partial charge in [-0.15, -0.1) is 11.8 Å². The number of hydrogen-bond donors (Lipinski definition) is 2. The molecular formula is C24H24F3N3O4S. The van der Waals surface area contributed by atoms with Crippen molar-refractivity contribution in [2.75, 3.05) is 18.8 Å². The average Bonchev–Trinajstić information content (AvgIpc) is 3.41. The van der Waals surface area contributed by atoms with Crippen LogP contribution >= 0.6 is 11.8 Å². The van der Waals surface area contributed by atoms with Gasteiger partial charge < -0.3 is 19.7 Å². The number of alkyl halides is 3. The number of halogens is 3. The van der Waals surface area contributed by atoms with Gasteiger partial charge in [0, 0.05) is 35.4 Å². The maximum atomic E-state index is 12.8. The number of nitrogens with zero attached hydrogens (tertiary/aromatic N) is 2. The Kier molecular flexibility index (Phi) is 7.09. The first kappa shape index (κ1) is 25.1. The Balaban J connectivity index is 0.000000364. The minimum Gasteiger partial charge on any atom is -0.475 e. The van der Waals surface area contributed by atoms with Crippen molar-refractivity contribution in [2.24, 2.45) is 0 Å². The van der Waals surface area contributed by atoms with E-state index in [4.69, 9.17) is 14.6 Å². The van der Waals surface area contributed by atoms with Gasteiger partial charge in [0.25, 0.3) is 5.91 Å².